The molecular weight excluding hydrogens is 626 g/mol. The van der Waals surface area contributed by atoms with Crippen molar-refractivity contribution in [3.8, 4) is 0 Å². The van der Waals surface area contributed by atoms with Gasteiger partial charge in [-0.3, -0.25) is 14.4 Å². The average molecular weight is 678 g/mol. The molecular formula is C36H51N7O6. The van der Waals surface area contributed by atoms with Gasteiger partial charge in [0.15, 0.2) is 0 Å². The monoisotopic (exact) mass is 677 g/mol. The number of aldehydes is 3. The van der Waals surface area contributed by atoms with E-state index in [1.807, 2.05) is 74.6 Å². The minimum absolute atomic E-state index is 0.0277. The van der Waals surface area contributed by atoms with Gasteiger partial charge in [-0.05, 0) is 56.5 Å². The van der Waals surface area contributed by atoms with Gasteiger partial charge in [-0.25, -0.2) is 0 Å². The first kappa shape index (κ1) is 40.5. The molecule has 1 heterocycles. The SMILES string of the molecule is CNCC(NC(=O)C(Cc1ccccc1)NC)C(=O)NC(C=O)CC(C)C.NC(CC=O)C(=O)NCC(C=O)Cc1c[nH]c2ccccc12. The number of hydrogen-bond acceptors (Lipinski definition) is 9. The molecule has 1 aromatic heterocycles. The van der Waals surface area contributed by atoms with Crippen LogP contribution in [0, 0.1) is 11.8 Å². The highest BCUT2D eigenvalue weighted by Gasteiger charge is 2.26. The van der Waals surface area contributed by atoms with Gasteiger partial charge >= 0.3 is 0 Å². The Labute approximate surface area is 287 Å². The summed E-state index contributed by atoms with van der Waals surface area (Å²) in [5.41, 5.74) is 8.60. The first-order chi connectivity index (χ1) is 23.6. The lowest BCUT2D eigenvalue weighted by molar-refractivity contribution is -0.130. The molecule has 0 aliphatic heterocycles. The van der Waals surface area contributed by atoms with Crippen LogP contribution in [0.2, 0.25) is 0 Å². The van der Waals surface area contributed by atoms with Crippen LogP contribution in [0.25, 0.3) is 10.9 Å². The van der Waals surface area contributed by atoms with Gasteiger partial charge in [0.2, 0.25) is 17.7 Å². The van der Waals surface area contributed by atoms with Crippen molar-refractivity contribution in [2.45, 2.75) is 63.7 Å². The molecule has 0 aliphatic rings. The van der Waals surface area contributed by atoms with Crippen LogP contribution < -0.4 is 32.3 Å². The number of fused-ring (bicyclic) bond motifs is 1. The Morgan fingerprint density at radius 2 is 1.49 bits per heavy atom. The number of benzene rings is 2. The van der Waals surface area contributed by atoms with Gasteiger partial charge in [-0.1, -0.05) is 62.4 Å². The van der Waals surface area contributed by atoms with Gasteiger partial charge in [0.1, 0.15) is 24.9 Å². The van der Waals surface area contributed by atoms with Crippen molar-refractivity contribution in [3.63, 3.8) is 0 Å². The van der Waals surface area contributed by atoms with Crippen LogP contribution in [0.15, 0.2) is 60.8 Å². The average Bonchev–Trinajstić information content (AvgIpc) is 3.51. The summed E-state index contributed by atoms with van der Waals surface area (Å²) >= 11 is 0. The van der Waals surface area contributed by atoms with Crippen molar-refractivity contribution < 1.29 is 28.8 Å². The molecule has 0 saturated heterocycles. The third-order valence-electron chi connectivity index (χ3n) is 7.78. The zero-order valence-electron chi connectivity index (χ0n) is 28.7. The summed E-state index contributed by atoms with van der Waals surface area (Å²) in [6, 6.07) is 14.9. The smallest absolute Gasteiger partial charge is 0.244 e. The number of rotatable bonds is 20. The van der Waals surface area contributed by atoms with Gasteiger partial charge in [0.05, 0.1) is 18.1 Å². The second-order valence-electron chi connectivity index (χ2n) is 12.2. The van der Waals surface area contributed by atoms with E-state index in [2.05, 4.69) is 31.6 Å². The Balaban J connectivity index is 0.000000347. The lowest BCUT2D eigenvalue weighted by Gasteiger charge is -2.24. The number of carbonyl (C=O) groups is 6. The Morgan fingerprint density at radius 3 is 2.10 bits per heavy atom. The summed E-state index contributed by atoms with van der Waals surface area (Å²) in [7, 11) is 3.42. The van der Waals surface area contributed by atoms with Gasteiger partial charge in [-0.15, -0.1) is 0 Å². The topological polar surface area (TPSA) is 204 Å². The highest BCUT2D eigenvalue weighted by atomic mass is 16.2. The summed E-state index contributed by atoms with van der Waals surface area (Å²) < 4.78 is 0. The molecule has 266 valence electrons. The molecule has 8 N–H and O–H groups in total. The van der Waals surface area contributed by atoms with Crippen LogP contribution in [0.1, 0.15) is 37.8 Å². The van der Waals surface area contributed by atoms with E-state index in [0.717, 1.165) is 34.6 Å². The van der Waals surface area contributed by atoms with Crippen LogP contribution in [-0.2, 0) is 41.6 Å². The van der Waals surface area contributed by atoms with E-state index < -0.39 is 30.1 Å². The second-order valence-corrected chi connectivity index (χ2v) is 12.2. The minimum atomic E-state index is -0.863. The number of nitrogens with one attached hydrogen (secondary N) is 6. The molecule has 2 aromatic carbocycles. The molecule has 3 amide bonds. The Morgan fingerprint density at radius 1 is 0.816 bits per heavy atom. The maximum atomic E-state index is 12.7. The fourth-order valence-electron chi connectivity index (χ4n) is 5.13. The maximum Gasteiger partial charge on any atom is 0.244 e. The molecule has 0 saturated carbocycles. The minimum Gasteiger partial charge on any atom is -0.361 e. The second kappa shape index (κ2) is 22.0. The third kappa shape index (κ3) is 14.1. The third-order valence-corrected chi connectivity index (χ3v) is 7.78. The van der Waals surface area contributed by atoms with E-state index in [1.54, 1.807) is 14.1 Å². The molecule has 49 heavy (non-hydrogen) atoms. The number of carbonyl (C=O) groups excluding carboxylic acids is 6. The number of aromatic nitrogens is 1. The lowest BCUT2D eigenvalue weighted by Crippen LogP contribution is -2.57. The van der Waals surface area contributed by atoms with Crippen LogP contribution >= 0.6 is 0 Å². The molecule has 13 heteroatoms. The van der Waals surface area contributed by atoms with Crippen molar-refractivity contribution in [1.29, 1.82) is 0 Å². The highest BCUT2D eigenvalue weighted by Crippen LogP contribution is 2.20. The molecule has 5 atom stereocenters. The summed E-state index contributed by atoms with van der Waals surface area (Å²) in [5.74, 6) is -1.12. The number of hydrogen-bond donors (Lipinski definition) is 7. The number of likely N-dealkylation sites (N-methyl/N-ethyl adjacent to an activating group) is 2. The fourth-order valence-corrected chi connectivity index (χ4v) is 5.13. The number of para-hydroxylation sites is 1. The Hall–Kier alpha value is -4.72. The molecule has 3 rings (SSSR count). The number of aromatic amines is 1. The molecule has 0 fully saturated rings. The van der Waals surface area contributed by atoms with Crippen LogP contribution in [0.5, 0.6) is 0 Å². The molecule has 0 bridgehead atoms. The van der Waals surface area contributed by atoms with Crippen LogP contribution in [0.3, 0.4) is 0 Å². The van der Waals surface area contributed by atoms with Crippen molar-refractivity contribution in [3.05, 3.63) is 71.9 Å². The molecule has 3 aromatic rings. The first-order valence-electron chi connectivity index (χ1n) is 16.5. The standard InChI is InChI=1S/C20H32N4O3.C16H19N3O3/c1-14(2)10-16(13-25)23-20(27)18(12-21-3)24-19(26)17(22-4)11-15-8-6-5-7-9-15;17-14(5-6-20)16(22)19-8-11(10-21)7-12-9-18-15-4-2-1-3-13(12)15/h5-9,13-14,16-18,21-22H,10-12H2,1-4H3,(H,23,27)(H,24,26);1-4,6,9-11,14,18H,5,7-8,17H2,(H,19,22). The van der Waals surface area contributed by atoms with E-state index in [4.69, 9.17) is 5.73 Å². The fraction of sp³-hybridized carbons (Fsp3) is 0.444. The van der Waals surface area contributed by atoms with Gasteiger partial charge in [0, 0.05) is 42.5 Å². The van der Waals surface area contributed by atoms with Crippen molar-refractivity contribution in [1.82, 2.24) is 31.6 Å². The quantitative estimate of drug-likeness (QED) is 0.0845. The Kier molecular flexibility index (Phi) is 18.2. The molecule has 13 nitrogen and oxygen atoms in total. The van der Waals surface area contributed by atoms with Crippen LogP contribution in [-0.4, -0.2) is 92.9 Å². The predicted octanol–water partition coefficient (Wildman–Crippen LogP) is 0.809. The van der Waals surface area contributed by atoms with E-state index in [9.17, 15) is 28.8 Å². The number of nitrogens with two attached hydrogens (primary N) is 1. The summed E-state index contributed by atoms with van der Waals surface area (Å²) in [6.07, 6.45) is 5.62. The molecule has 0 radical (unpaired) electrons. The van der Waals surface area contributed by atoms with E-state index in [-0.39, 0.29) is 43.2 Å². The van der Waals surface area contributed by atoms with E-state index in [1.165, 1.54) is 0 Å². The van der Waals surface area contributed by atoms with Crippen molar-refractivity contribution >= 4 is 47.5 Å². The van der Waals surface area contributed by atoms with Gasteiger partial charge < -0.3 is 51.7 Å². The summed E-state index contributed by atoms with van der Waals surface area (Å²) in [5, 5.41) is 15.1. The summed E-state index contributed by atoms with van der Waals surface area (Å²) in [6.45, 7) is 4.44. The van der Waals surface area contributed by atoms with Crippen molar-refractivity contribution in [2.24, 2.45) is 17.6 Å². The normalized spacial score (nSPS) is 13.9. The lowest BCUT2D eigenvalue weighted by atomic mass is 10.00. The number of H-pyrrole nitrogens is 1. The Bertz CT molecular complexity index is 1480. The highest BCUT2D eigenvalue weighted by molar-refractivity contribution is 5.91. The largest absolute Gasteiger partial charge is 0.361 e. The van der Waals surface area contributed by atoms with Gasteiger partial charge in [0.25, 0.3) is 0 Å². The molecule has 0 spiro atoms. The predicted molar refractivity (Wildman–Crippen MR) is 190 cm³/mol. The number of amides is 3. The van der Waals surface area contributed by atoms with Crippen LogP contribution in [0.4, 0.5) is 0 Å². The van der Waals surface area contributed by atoms with Crippen molar-refractivity contribution in [2.75, 3.05) is 27.2 Å². The zero-order valence-corrected chi connectivity index (χ0v) is 28.7. The zero-order chi connectivity index (χ0) is 36.2. The van der Waals surface area contributed by atoms with E-state index >= 15 is 0 Å². The molecule has 0 aliphatic carbocycles. The maximum absolute atomic E-state index is 12.7. The summed E-state index contributed by atoms with van der Waals surface area (Å²) in [4.78, 5) is 72.8. The first-order valence-corrected chi connectivity index (χ1v) is 16.5. The molecule has 5 unspecified atom stereocenters. The van der Waals surface area contributed by atoms with Gasteiger partial charge in [-0.2, -0.15) is 0 Å². The van der Waals surface area contributed by atoms with E-state index in [0.29, 0.717) is 25.5 Å².